The fourth-order valence-corrected chi connectivity index (χ4v) is 3.78. The standard InChI is InChI=1S/C18H25N3O6S/c1-18(2,3)20-17(24)19-15(22)11-27-16(23)13-7-8-14-12(10-13)6-5-9-21(14)28(4,25)26/h7-8,10H,5-6,9,11H2,1-4H3,(H2,19,20,22,24). The van der Waals surface area contributed by atoms with Crippen LogP contribution in [0.25, 0.3) is 0 Å². The molecular formula is C18H25N3O6S. The number of anilines is 1. The number of hydrogen-bond acceptors (Lipinski definition) is 6. The molecule has 1 aliphatic rings. The number of nitrogens with zero attached hydrogens (tertiary/aromatic N) is 1. The van der Waals surface area contributed by atoms with Gasteiger partial charge in [0, 0.05) is 12.1 Å². The van der Waals surface area contributed by atoms with E-state index < -0.39 is 40.1 Å². The molecule has 0 saturated heterocycles. The normalized spacial score (nSPS) is 14.1. The molecule has 0 aromatic heterocycles. The molecule has 9 nitrogen and oxygen atoms in total. The van der Waals surface area contributed by atoms with Crippen LogP contribution in [0.4, 0.5) is 10.5 Å². The number of nitrogens with one attached hydrogen (secondary N) is 2. The third kappa shape index (κ3) is 5.95. The van der Waals surface area contributed by atoms with Crippen molar-refractivity contribution in [1.29, 1.82) is 0 Å². The fraction of sp³-hybridized carbons (Fsp3) is 0.500. The zero-order valence-electron chi connectivity index (χ0n) is 16.4. The summed E-state index contributed by atoms with van der Waals surface area (Å²) in [5.41, 5.74) is 0.965. The van der Waals surface area contributed by atoms with Crippen molar-refractivity contribution in [3.63, 3.8) is 0 Å². The van der Waals surface area contributed by atoms with Crippen LogP contribution >= 0.6 is 0 Å². The summed E-state index contributed by atoms with van der Waals surface area (Å²) in [6, 6.07) is 3.90. The molecule has 1 aliphatic heterocycles. The van der Waals surface area contributed by atoms with Crippen molar-refractivity contribution < 1.29 is 27.5 Å². The van der Waals surface area contributed by atoms with Crippen LogP contribution in [0.15, 0.2) is 18.2 Å². The van der Waals surface area contributed by atoms with E-state index in [-0.39, 0.29) is 5.56 Å². The van der Waals surface area contributed by atoms with Gasteiger partial charge in [0.15, 0.2) is 6.61 Å². The highest BCUT2D eigenvalue weighted by Gasteiger charge is 2.25. The summed E-state index contributed by atoms with van der Waals surface area (Å²) < 4.78 is 30.0. The maximum atomic E-state index is 12.2. The van der Waals surface area contributed by atoms with E-state index in [1.54, 1.807) is 32.9 Å². The van der Waals surface area contributed by atoms with Crippen molar-refractivity contribution in [2.45, 2.75) is 39.2 Å². The first kappa shape index (κ1) is 21.7. The van der Waals surface area contributed by atoms with Gasteiger partial charge >= 0.3 is 12.0 Å². The van der Waals surface area contributed by atoms with E-state index in [2.05, 4.69) is 10.6 Å². The first-order valence-corrected chi connectivity index (χ1v) is 10.6. The highest BCUT2D eigenvalue weighted by molar-refractivity contribution is 7.92. The molecule has 154 valence electrons. The molecule has 28 heavy (non-hydrogen) atoms. The Morgan fingerprint density at radius 3 is 2.50 bits per heavy atom. The summed E-state index contributed by atoms with van der Waals surface area (Å²) in [6.45, 7) is 5.07. The van der Waals surface area contributed by atoms with E-state index >= 15 is 0 Å². The summed E-state index contributed by atoms with van der Waals surface area (Å²) in [4.78, 5) is 35.6. The van der Waals surface area contributed by atoms with E-state index in [1.807, 2.05) is 0 Å². The van der Waals surface area contributed by atoms with Crippen molar-refractivity contribution in [2.24, 2.45) is 0 Å². The number of carbonyl (C=O) groups is 3. The van der Waals surface area contributed by atoms with Crippen LogP contribution in [-0.2, 0) is 26.0 Å². The molecule has 0 aliphatic carbocycles. The van der Waals surface area contributed by atoms with Crippen LogP contribution in [0.3, 0.4) is 0 Å². The Hall–Kier alpha value is -2.62. The third-order valence-corrected chi connectivity index (χ3v) is 5.05. The van der Waals surface area contributed by atoms with Gasteiger partial charge in [-0.1, -0.05) is 0 Å². The largest absolute Gasteiger partial charge is 0.452 e. The predicted octanol–water partition coefficient (Wildman–Crippen LogP) is 1.18. The number of urea groups is 1. The van der Waals surface area contributed by atoms with Gasteiger partial charge in [-0.15, -0.1) is 0 Å². The second kappa shape index (κ2) is 8.17. The third-order valence-electron chi connectivity index (χ3n) is 3.87. The van der Waals surface area contributed by atoms with Crippen LogP contribution in [0.5, 0.6) is 0 Å². The van der Waals surface area contributed by atoms with E-state index in [0.29, 0.717) is 25.1 Å². The monoisotopic (exact) mass is 411 g/mol. The van der Waals surface area contributed by atoms with Crippen LogP contribution < -0.4 is 14.9 Å². The lowest BCUT2D eigenvalue weighted by Gasteiger charge is -2.29. The molecule has 0 atom stereocenters. The quantitative estimate of drug-likeness (QED) is 0.718. The number of amides is 3. The van der Waals surface area contributed by atoms with Crippen LogP contribution in [-0.4, -0.2) is 51.3 Å². The minimum Gasteiger partial charge on any atom is -0.452 e. The number of esters is 1. The van der Waals surface area contributed by atoms with E-state index in [9.17, 15) is 22.8 Å². The molecule has 1 aromatic carbocycles. The van der Waals surface area contributed by atoms with Crippen molar-refractivity contribution in [2.75, 3.05) is 23.7 Å². The molecule has 1 heterocycles. The predicted molar refractivity (Wildman–Crippen MR) is 104 cm³/mol. The van der Waals surface area contributed by atoms with Crippen molar-refractivity contribution >= 4 is 33.6 Å². The Labute approximate surface area is 164 Å². The lowest BCUT2D eigenvalue weighted by Crippen LogP contribution is -2.49. The maximum absolute atomic E-state index is 12.2. The summed E-state index contributed by atoms with van der Waals surface area (Å²) in [6.07, 6.45) is 2.42. The van der Waals surface area contributed by atoms with Gasteiger partial charge in [0.1, 0.15) is 0 Å². The lowest BCUT2D eigenvalue weighted by atomic mass is 10.0. The topological polar surface area (TPSA) is 122 Å². The van der Waals surface area contributed by atoms with Crippen LogP contribution in [0.2, 0.25) is 0 Å². The molecule has 10 heteroatoms. The molecule has 3 amide bonds. The smallest absolute Gasteiger partial charge is 0.338 e. The summed E-state index contributed by atoms with van der Waals surface area (Å²) >= 11 is 0. The van der Waals surface area contributed by atoms with E-state index in [4.69, 9.17) is 4.74 Å². The number of imide groups is 1. The van der Waals surface area contributed by atoms with Crippen molar-refractivity contribution in [3.05, 3.63) is 29.3 Å². The van der Waals surface area contributed by atoms with E-state index in [0.717, 1.165) is 11.8 Å². The number of rotatable bonds is 4. The average Bonchev–Trinajstić information content (AvgIpc) is 2.56. The van der Waals surface area contributed by atoms with Crippen molar-refractivity contribution in [3.8, 4) is 0 Å². The molecular weight excluding hydrogens is 386 g/mol. The van der Waals surface area contributed by atoms with Crippen molar-refractivity contribution in [1.82, 2.24) is 10.6 Å². The number of fused-ring (bicyclic) bond motifs is 1. The maximum Gasteiger partial charge on any atom is 0.338 e. The zero-order valence-corrected chi connectivity index (χ0v) is 17.2. The van der Waals surface area contributed by atoms with Gasteiger partial charge in [0.25, 0.3) is 5.91 Å². The Bertz CT molecular complexity index is 889. The second-order valence-electron chi connectivity index (χ2n) is 7.61. The van der Waals surface area contributed by atoms with Gasteiger partial charge in [-0.25, -0.2) is 18.0 Å². The van der Waals surface area contributed by atoms with Crippen LogP contribution in [0.1, 0.15) is 43.1 Å². The number of ether oxygens (including phenoxy) is 1. The number of hydrogen-bond donors (Lipinski definition) is 2. The zero-order chi connectivity index (χ0) is 21.1. The number of carbonyl (C=O) groups excluding carboxylic acids is 3. The SMILES string of the molecule is CC(C)(C)NC(=O)NC(=O)COC(=O)c1ccc2c(c1)CCCN2S(C)(=O)=O. The first-order chi connectivity index (χ1) is 12.9. The molecule has 2 N–H and O–H groups in total. The summed E-state index contributed by atoms with van der Waals surface area (Å²) in [7, 11) is -3.39. The average molecular weight is 411 g/mol. The minimum absolute atomic E-state index is 0.209. The van der Waals surface area contributed by atoms with Gasteiger partial charge in [0.05, 0.1) is 17.5 Å². The Morgan fingerprint density at radius 1 is 1.21 bits per heavy atom. The summed E-state index contributed by atoms with van der Waals surface area (Å²) in [5, 5.41) is 4.63. The molecule has 2 rings (SSSR count). The Balaban J connectivity index is 1.98. The molecule has 0 spiro atoms. The van der Waals surface area contributed by atoms with Gasteiger partial charge in [-0.05, 0) is 57.4 Å². The first-order valence-electron chi connectivity index (χ1n) is 8.76. The van der Waals surface area contributed by atoms with Gasteiger partial charge in [-0.3, -0.25) is 14.4 Å². The number of aryl methyl sites for hydroxylation is 1. The highest BCUT2D eigenvalue weighted by atomic mass is 32.2. The number of benzene rings is 1. The van der Waals surface area contributed by atoms with Gasteiger partial charge in [-0.2, -0.15) is 0 Å². The molecule has 0 radical (unpaired) electrons. The van der Waals surface area contributed by atoms with Crippen LogP contribution in [0, 0.1) is 0 Å². The molecule has 0 unspecified atom stereocenters. The Morgan fingerprint density at radius 2 is 1.89 bits per heavy atom. The number of sulfonamides is 1. The van der Waals surface area contributed by atoms with Gasteiger partial charge < -0.3 is 10.1 Å². The minimum atomic E-state index is -3.39. The Kier molecular flexibility index (Phi) is 6.33. The summed E-state index contributed by atoms with van der Waals surface area (Å²) in [5.74, 6) is -1.48. The molecule has 1 aromatic rings. The second-order valence-corrected chi connectivity index (χ2v) is 9.52. The molecule has 0 fully saturated rings. The lowest BCUT2D eigenvalue weighted by molar-refractivity contribution is -0.123. The van der Waals surface area contributed by atoms with E-state index in [1.165, 1.54) is 10.4 Å². The highest BCUT2D eigenvalue weighted by Crippen LogP contribution is 2.30. The van der Waals surface area contributed by atoms with Gasteiger partial charge in [0.2, 0.25) is 10.0 Å². The fourth-order valence-electron chi connectivity index (χ4n) is 2.78. The molecule has 0 saturated carbocycles. The molecule has 0 bridgehead atoms.